The van der Waals surface area contributed by atoms with Crippen molar-refractivity contribution in [3.05, 3.63) is 59.2 Å². The topological polar surface area (TPSA) is 38.8 Å². The van der Waals surface area contributed by atoms with Crippen LogP contribution in [-0.4, -0.2) is 44.5 Å². The van der Waals surface area contributed by atoms with Gasteiger partial charge in [0, 0.05) is 12.1 Å². The summed E-state index contributed by atoms with van der Waals surface area (Å²) in [6, 6.07) is 14.2. The van der Waals surface area contributed by atoms with E-state index in [2.05, 4.69) is 29.2 Å². The summed E-state index contributed by atoms with van der Waals surface area (Å²) in [5.41, 5.74) is 2.45. The van der Waals surface area contributed by atoms with Crippen molar-refractivity contribution in [1.29, 1.82) is 0 Å². The van der Waals surface area contributed by atoms with Gasteiger partial charge < -0.3 is 14.4 Å². The van der Waals surface area contributed by atoms with Crippen LogP contribution in [0.5, 0.6) is 11.5 Å². The zero-order chi connectivity index (χ0) is 19.6. The average molecular weight is 380 g/mol. The third-order valence-corrected chi connectivity index (χ3v) is 6.26. The quantitative estimate of drug-likeness (QED) is 0.756. The summed E-state index contributed by atoms with van der Waals surface area (Å²) in [4.78, 5) is 16.4. The summed E-state index contributed by atoms with van der Waals surface area (Å²) in [5, 5.41) is 0. The molecule has 4 rings (SSSR count). The molecule has 2 aromatic carbocycles. The van der Waals surface area contributed by atoms with Crippen LogP contribution in [0.15, 0.2) is 42.5 Å². The van der Waals surface area contributed by atoms with Crippen molar-refractivity contribution in [3.63, 3.8) is 0 Å². The van der Waals surface area contributed by atoms with Crippen LogP contribution < -0.4 is 9.47 Å². The van der Waals surface area contributed by atoms with Crippen LogP contribution in [0, 0.1) is 5.41 Å². The Hall–Kier alpha value is -2.33. The second-order valence-electron chi connectivity index (χ2n) is 8.11. The summed E-state index contributed by atoms with van der Waals surface area (Å²) in [6.45, 7) is 2.95. The fraction of sp³-hybridized carbons (Fsp3) is 0.458. The van der Waals surface area contributed by atoms with Crippen molar-refractivity contribution in [2.75, 3.05) is 33.9 Å². The van der Waals surface area contributed by atoms with Gasteiger partial charge in [-0.2, -0.15) is 0 Å². The highest BCUT2D eigenvalue weighted by molar-refractivity contribution is 6.08. The van der Waals surface area contributed by atoms with Gasteiger partial charge in [-0.15, -0.1) is 0 Å². The Balaban J connectivity index is 1.76. The minimum atomic E-state index is -0.469. The van der Waals surface area contributed by atoms with Crippen LogP contribution in [0.25, 0.3) is 0 Å². The molecule has 1 saturated heterocycles. The number of likely N-dealkylation sites (tertiary alicyclic amines) is 1. The van der Waals surface area contributed by atoms with E-state index in [0.717, 1.165) is 42.9 Å². The second-order valence-corrected chi connectivity index (χ2v) is 8.11. The molecule has 28 heavy (non-hydrogen) atoms. The van der Waals surface area contributed by atoms with E-state index in [1.165, 1.54) is 24.8 Å². The normalized spacial score (nSPS) is 22.1. The predicted octanol–water partition coefficient (Wildman–Crippen LogP) is 4.16. The number of fused-ring (bicyclic) bond motifs is 1. The Kier molecular flexibility index (Phi) is 5.40. The van der Waals surface area contributed by atoms with E-state index in [9.17, 15) is 4.79 Å². The highest BCUT2D eigenvalue weighted by Gasteiger charge is 2.49. The van der Waals surface area contributed by atoms with Gasteiger partial charge in [0.2, 0.25) is 0 Å². The van der Waals surface area contributed by atoms with E-state index in [4.69, 9.17) is 9.47 Å². The highest BCUT2D eigenvalue weighted by atomic mass is 16.5. The lowest BCUT2D eigenvalue weighted by molar-refractivity contribution is 0.0700. The molecule has 0 aromatic heterocycles. The van der Waals surface area contributed by atoms with Crippen molar-refractivity contribution in [2.24, 2.45) is 5.41 Å². The first-order chi connectivity index (χ1) is 13.7. The third-order valence-electron chi connectivity index (χ3n) is 6.26. The smallest absolute Gasteiger partial charge is 0.175 e. The number of piperidine rings is 1. The monoisotopic (exact) mass is 379 g/mol. The molecule has 2 aromatic rings. The molecule has 2 aliphatic rings. The van der Waals surface area contributed by atoms with E-state index in [0.29, 0.717) is 12.2 Å². The molecule has 1 atom stereocenters. The molecule has 1 unspecified atom stereocenters. The zero-order valence-corrected chi connectivity index (χ0v) is 16.9. The number of Topliss-reactive ketones (excluding diaryl/α,β-unsaturated/α-hetero) is 1. The zero-order valence-electron chi connectivity index (χ0n) is 16.9. The van der Waals surface area contributed by atoms with Crippen LogP contribution in [0.3, 0.4) is 0 Å². The lowest BCUT2D eigenvalue weighted by Gasteiger charge is -2.36. The summed E-state index contributed by atoms with van der Waals surface area (Å²) >= 11 is 0. The van der Waals surface area contributed by atoms with Crippen molar-refractivity contribution in [1.82, 2.24) is 4.90 Å². The van der Waals surface area contributed by atoms with Crippen molar-refractivity contribution < 1.29 is 14.3 Å². The molecule has 1 heterocycles. The number of carbonyl (C=O) groups is 1. The number of methoxy groups -OCH3 is 2. The summed E-state index contributed by atoms with van der Waals surface area (Å²) < 4.78 is 11.2. The van der Waals surface area contributed by atoms with Gasteiger partial charge in [0.05, 0.1) is 25.2 Å². The Morgan fingerprint density at radius 2 is 1.61 bits per heavy atom. The molecule has 148 valence electrons. The van der Waals surface area contributed by atoms with Crippen molar-refractivity contribution >= 4 is 5.78 Å². The Labute approximate surface area is 167 Å². The summed E-state index contributed by atoms with van der Waals surface area (Å²) in [6.07, 6.45) is 5.17. The number of ketones is 1. The first-order valence-electron chi connectivity index (χ1n) is 10.2. The molecule has 4 nitrogen and oxygen atoms in total. The molecule has 0 spiro atoms. The molecule has 0 radical (unpaired) electrons. The highest BCUT2D eigenvalue weighted by Crippen LogP contribution is 2.47. The molecule has 1 aliphatic heterocycles. The van der Waals surface area contributed by atoms with E-state index in [1.54, 1.807) is 14.2 Å². The van der Waals surface area contributed by atoms with Gasteiger partial charge >= 0.3 is 0 Å². The van der Waals surface area contributed by atoms with Gasteiger partial charge in [0.1, 0.15) is 11.5 Å². The van der Waals surface area contributed by atoms with Gasteiger partial charge in [-0.3, -0.25) is 4.79 Å². The maximum Gasteiger partial charge on any atom is 0.175 e. The molecule has 0 amide bonds. The van der Waals surface area contributed by atoms with Crippen LogP contribution in [0.4, 0.5) is 0 Å². The van der Waals surface area contributed by atoms with E-state index >= 15 is 0 Å². The lowest BCUT2D eigenvalue weighted by atomic mass is 9.77. The van der Waals surface area contributed by atoms with Gasteiger partial charge in [-0.1, -0.05) is 36.8 Å². The van der Waals surface area contributed by atoms with Gasteiger partial charge in [0.15, 0.2) is 5.78 Å². The third kappa shape index (κ3) is 3.42. The average Bonchev–Trinajstić information content (AvgIpc) is 3.01. The first kappa shape index (κ1) is 19.0. The van der Waals surface area contributed by atoms with Crippen molar-refractivity contribution in [3.8, 4) is 11.5 Å². The molecule has 0 saturated carbocycles. The number of carbonyl (C=O) groups excluding carboxylic acids is 1. The standard InChI is InChI=1S/C24H29NO3/c1-27-20-11-12-21(28-2)22-19(20)16-24(23(22)26,15-18-9-5-3-6-10-18)17-25-13-7-4-8-14-25/h3,5-6,9-12H,4,7-8,13-17H2,1-2H3. The van der Waals surface area contributed by atoms with Crippen LogP contribution in [0.2, 0.25) is 0 Å². The first-order valence-corrected chi connectivity index (χ1v) is 10.2. The Morgan fingerprint density at radius 1 is 0.929 bits per heavy atom. The number of benzene rings is 2. The molecular formula is C24H29NO3. The lowest BCUT2D eigenvalue weighted by Crippen LogP contribution is -2.45. The Bertz CT molecular complexity index is 842. The number of rotatable bonds is 6. The number of hydrogen-bond donors (Lipinski definition) is 0. The maximum atomic E-state index is 13.9. The summed E-state index contributed by atoms with van der Waals surface area (Å²) in [5.74, 6) is 1.65. The van der Waals surface area contributed by atoms with E-state index < -0.39 is 5.41 Å². The van der Waals surface area contributed by atoms with Crippen molar-refractivity contribution in [2.45, 2.75) is 32.1 Å². The minimum absolute atomic E-state index is 0.202. The fourth-order valence-electron chi connectivity index (χ4n) is 4.94. The largest absolute Gasteiger partial charge is 0.496 e. The van der Waals surface area contributed by atoms with Gasteiger partial charge in [-0.25, -0.2) is 0 Å². The van der Waals surface area contributed by atoms with Gasteiger partial charge in [-0.05, 0) is 56.5 Å². The number of ether oxygens (including phenoxy) is 2. The number of nitrogens with zero attached hydrogens (tertiary/aromatic N) is 1. The van der Waals surface area contributed by atoms with E-state index in [1.807, 2.05) is 18.2 Å². The molecule has 1 aliphatic carbocycles. The van der Waals surface area contributed by atoms with Crippen LogP contribution >= 0.6 is 0 Å². The second kappa shape index (κ2) is 7.96. The molecule has 4 heteroatoms. The molecule has 0 N–H and O–H groups in total. The molecule has 1 fully saturated rings. The summed E-state index contributed by atoms with van der Waals surface area (Å²) in [7, 11) is 3.31. The van der Waals surface area contributed by atoms with Crippen LogP contribution in [-0.2, 0) is 12.8 Å². The van der Waals surface area contributed by atoms with Crippen LogP contribution in [0.1, 0.15) is 40.7 Å². The predicted molar refractivity (Wildman–Crippen MR) is 110 cm³/mol. The molecule has 0 bridgehead atoms. The number of hydrogen-bond acceptors (Lipinski definition) is 4. The van der Waals surface area contributed by atoms with E-state index in [-0.39, 0.29) is 5.78 Å². The minimum Gasteiger partial charge on any atom is -0.496 e. The fourth-order valence-corrected chi connectivity index (χ4v) is 4.94. The SMILES string of the molecule is COc1ccc(OC)c2c1CC(Cc1ccccc1)(CN1CCCCC1)C2=O. The Morgan fingerprint density at radius 3 is 2.29 bits per heavy atom. The van der Waals surface area contributed by atoms with Gasteiger partial charge in [0.25, 0.3) is 0 Å². The molecular weight excluding hydrogens is 350 g/mol. The maximum absolute atomic E-state index is 13.9.